The number of primary amides is 1. The number of hydrogen-bond acceptors (Lipinski definition) is 4. The van der Waals surface area contributed by atoms with E-state index in [1.54, 1.807) is 18.2 Å². The fraction of sp³-hybridized carbons (Fsp3) is 0.520. The second-order valence-electron chi connectivity index (χ2n) is 9.95. The topological polar surface area (TPSA) is 68.5 Å². The molecule has 1 aromatic carbocycles. The molecular formula is C25H32FN3O2. The largest absolute Gasteiger partial charge is 0.378 e. The van der Waals surface area contributed by atoms with Crippen LogP contribution in [0.15, 0.2) is 30.3 Å². The van der Waals surface area contributed by atoms with Crippen molar-refractivity contribution in [2.45, 2.75) is 52.7 Å². The molecule has 5 nitrogen and oxygen atoms in total. The number of ether oxygens (including phenoxy) is 1. The van der Waals surface area contributed by atoms with Crippen LogP contribution in [0.1, 0.15) is 55.4 Å². The molecule has 1 unspecified atom stereocenters. The number of halogens is 1. The average molecular weight is 426 g/mol. The highest BCUT2D eigenvalue weighted by Crippen LogP contribution is 2.34. The maximum Gasteiger partial charge on any atom is 0.267 e. The molecule has 2 aromatic rings. The van der Waals surface area contributed by atoms with Gasteiger partial charge in [-0.05, 0) is 65.5 Å². The Hall–Kier alpha value is -2.31. The zero-order chi connectivity index (χ0) is 22.2. The molecule has 6 heteroatoms. The highest BCUT2D eigenvalue weighted by atomic mass is 19.1. The Morgan fingerprint density at radius 2 is 2.03 bits per heavy atom. The maximum atomic E-state index is 13.4. The van der Waals surface area contributed by atoms with Crippen molar-refractivity contribution < 1.29 is 13.9 Å². The lowest BCUT2D eigenvalue weighted by Gasteiger charge is -2.40. The van der Waals surface area contributed by atoms with Gasteiger partial charge in [0.2, 0.25) is 0 Å². The second-order valence-corrected chi connectivity index (χ2v) is 9.95. The van der Waals surface area contributed by atoms with E-state index in [0.717, 1.165) is 61.3 Å². The number of benzene rings is 1. The van der Waals surface area contributed by atoms with Crippen LogP contribution in [0.3, 0.4) is 0 Å². The molecule has 1 saturated heterocycles. The molecule has 0 radical (unpaired) electrons. The number of rotatable bonds is 4. The number of aromatic nitrogens is 1. The lowest BCUT2D eigenvalue weighted by Crippen LogP contribution is -2.41. The van der Waals surface area contributed by atoms with E-state index in [2.05, 4.69) is 30.7 Å². The number of nitrogens with two attached hydrogens (primary N) is 1. The van der Waals surface area contributed by atoms with Crippen molar-refractivity contribution in [1.82, 2.24) is 9.88 Å². The molecule has 166 valence electrons. The van der Waals surface area contributed by atoms with Crippen molar-refractivity contribution in [3.8, 4) is 11.1 Å². The van der Waals surface area contributed by atoms with Crippen LogP contribution in [-0.2, 0) is 17.7 Å². The summed E-state index contributed by atoms with van der Waals surface area (Å²) in [5, 5.41) is 0. The second kappa shape index (κ2) is 8.67. The van der Waals surface area contributed by atoms with Gasteiger partial charge < -0.3 is 10.5 Å². The fourth-order valence-electron chi connectivity index (χ4n) is 4.76. The smallest absolute Gasteiger partial charge is 0.267 e. The number of carbonyl (C=O) groups is 1. The summed E-state index contributed by atoms with van der Waals surface area (Å²) in [7, 11) is 0. The van der Waals surface area contributed by atoms with Crippen LogP contribution in [0.4, 0.5) is 4.39 Å². The van der Waals surface area contributed by atoms with E-state index in [4.69, 9.17) is 10.5 Å². The molecular weight excluding hydrogens is 393 g/mol. The number of carbonyl (C=O) groups excluding carboxylic acids is 1. The van der Waals surface area contributed by atoms with E-state index in [9.17, 15) is 9.18 Å². The molecule has 0 aliphatic carbocycles. The molecule has 1 amide bonds. The molecule has 2 atom stereocenters. The predicted octanol–water partition coefficient (Wildman–Crippen LogP) is 4.19. The number of pyridine rings is 1. The Morgan fingerprint density at radius 1 is 1.29 bits per heavy atom. The Morgan fingerprint density at radius 3 is 2.71 bits per heavy atom. The first-order valence-electron chi connectivity index (χ1n) is 11.1. The van der Waals surface area contributed by atoms with Crippen molar-refractivity contribution in [3.05, 3.63) is 53.1 Å². The number of amides is 1. The minimum absolute atomic E-state index is 0.148. The van der Waals surface area contributed by atoms with Crippen molar-refractivity contribution in [1.29, 1.82) is 0 Å². The van der Waals surface area contributed by atoms with Crippen LogP contribution in [0.5, 0.6) is 0 Å². The van der Waals surface area contributed by atoms with Crippen LogP contribution in [0.25, 0.3) is 11.1 Å². The monoisotopic (exact) mass is 425 g/mol. The molecule has 2 N–H and O–H groups in total. The standard InChI is InChI=1S/C25H32FN3O2/c1-25(2,3)23-12-16(9-11-31-23)14-29-10-8-19-20(17-4-6-18(26)7-5-17)13-21(24(27)30)28-22(19)15-29/h4-7,13,16,23H,8-12,14-15H2,1-3H3,(H2,27,30)/t16-,23?/m1/s1. The van der Waals surface area contributed by atoms with Crippen LogP contribution >= 0.6 is 0 Å². The Balaban J connectivity index is 1.56. The highest BCUT2D eigenvalue weighted by Gasteiger charge is 2.33. The third-order valence-electron chi connectivity index (χ3n) is 6.54. The van der Waals surface area contributed by atoms with Gasteiger partial charge in [-0.2, -0.15) is 0 Å². The van der Waals surface area contributed by atoms with E-state index in [-0.39, 0.29) is 23.0 Å². The Kier molecular flexibility index (Phi) is 6.13. The first kappa shape index (κ1) is 21.9. The number of hydrogen-bond donors (Lipinski definition) is 1. The summed E-state index contributed by atoms with van der Waals surface area (Å²) in [5.41, 5.74) is 9.83. The summed E-state index contributed by atoms with van der Waals surface area (Å²) >= 11 is 0. The SMILES string of the molecule is CC(C)(C)C1C[C@H](CN2CCc3c(-c4ccc(F)cc4)cc(C(N)=O)nc3C2)CCO1. The quantitative estimate of drug-likeness (QED) is 0.798. The summed E-state index contributed by atoms with van der Waals surface area (Å²) < 4.78 is 19.4. The van der Waals surface area contributed by atoms with Crippen molar-refractivity contribution in [2.75, 3.05) is 19.7 Å². The molecule has 0 bridgehead atoms. The third kappa shape index (κ3) is 4.96. The first-order valence-corrected chi connectivity index (χ1v) is 11.1. The maximum absolute atomic E-state index is 13.4. The van der Waals surface area contributed by atoms with Crippen LogP contribution in [0, 0.1) is 17.2 Å². The normalized spacial score (nSPS) is 22.2. The molecule has 0 spiro atoms. The molecule has 4 rings (SSSR count). The lowest BCUT2D eigenvalue weighted by molar-refractivity contribution is -0.0714. The molecule has 2 aliphatic rings. The van der Waals surface area contributed by atoms with Gasteiger partial charge in [0.1, 0.15) is 11.5 Å². The Bertz CT molecular complexity index is 952. The highest BCUT2D eigenvalue weighted by molar-refractivity contribution is 5.92. The minimum atomic E-state index is -0.541. The summed E-state index contributed by atoms with van der Waals surface area (Å²) in [5.74, 6) is -0.228. The fourth-order valence-corrected chi connectivity index (χ4v) is 4.76. The summed E-state index contributed by atoms with van der Waals surface area (Å²) in [4.78, 5) is 19.0. The van der Waals surface area contributed by atoms with E-state index in [1.807, 2.05) is 0 Å². The summed E-state index contributed by atoms with van der Waals surface area (Å²) in [6.07, 6.45) is 3.28. The molecule has 1 fully saturated rings. The van der Waals surface area contributed by atoms with Crippen LogP contribution in [-0.4, -0.2) is 41.6 Å². The van der Waals surface area contributed by atoms with Gasteiger partial charge in [0.25, 0.3) is 5.91 Å². The van der Waals surface area contributed by atoms with Gasteiger partial charge in [-0.1, -0.05) is 32.9 Å². The van der Waals surface area contributed by atoms with Crippen LogP contribution < -0.4 is 5.73 Å². The molecule has 1 aromatic heterocycles. The van der Waals surface area contributed by atoms with Gasteiger partial charge in [0.05, 0.1) is 11.8 Å². The van der Waals surface area contributed by atoms with Gasteiger partial charge in [0, 0.05) is 26.2 Å². The molecule has 3 heterocycles. The minimum Gasteiger partial charge on any atom is -0.378 e. The van der Waals surface area contributed by atoms with Crippen molar-refractivity contribution >= 4 is 5.91 Å². The third-order valence-corrected chi connectivity index (χ3v) is 6.54. The van der Waals surface area contributed by atoms with Crippen LogP contribution in [0.2, 0.25) is 0 Å². The van der Waals surface area contributed by atoms with Gasteiger partial charge in [-0.15, -0.1) is 0 Å². The lowest BCUT2D eigenvalue weighted by atomic mass is 9.80. The van der Waals surface area contributed by atoms with Crippen molar-refractivity contribution in [3.63, 3.8) is 0 Å². The molecule has 0 saturated carbocycles. The molecule has 31 heavy (non-hydrogen) atoms. The van der Waals surface area contributed by atoms with E-state index in [0.29, 0.717) is 12.5 Å². The first-order chi connectivity index (χ1) is 14.7. The van der Waals surface area contributed by atoms with E-state index >= 15 is 0 Å². The average Bonchev–Trinajstić information content (AvgIpc) is 2.73. The van der Waals surface area contributed by atoms with Gasteiger partial charge in [-0.25, -0.2) is 9.37 Å². The van der Waals surface area contributed by atoms with E-state index < -0.39 is 5.91 Å². The molecule has 2 aliphatic heterocycles. The van der Waals surface area contributed by atoms with E-state index in [1.165, 1.54) is 12.1 Å². The Labute approximate surface area is 183 Å². The van der Waals surface area contributed by atoms with Gasteiger partial charge in [0.15, 0.2) is 0 Å². The number of nitrogens with zero attached hydrogens (tertiary/aromatic N) is 2. The summed E-state index contributed by atoms with van der Waals surface area (Å²) in [6.45, 7) is 10.2. The number of fused-ring (bicyclic) bond motifs is 1. The zero-order valence-corrected chi connectivity index (χ0v) is 18.7. The van der Waals surface area contributed by atoms with Gasteiger partial charge in [-0.3, -0.25) is 9.69 Å². The van der Waals surface area contributed by atoms with Crippen molar-refractivity contribution in [2.24, 2.45) is 17.1 Å². The summed E-state index contributed by atoms with van der Waals surface area (Å²) in [6, 6.07) is 8.13. The predicted molar refractivity (Wildman–Crippen MR) is 119 cm³/mol. The zero-order valence-electron chi connectivity index (χ0n) is 18.7. The van der Waals surface area contributed by atoms with Gasteiger partial charge >= 0.3 is 0 Å².